The van der Waals surface area contributed by atoms with Crippen LogP contribution in [0, 0.1) is 11.8 Å². The van der Waals surface area contributed by atoms with E-state index in [9.17, 15) is 14.4 Å². The number of anilines is 1. The minimum atomic E-state index is -0.281. The Labute approximate surface area is 166 Å². The fraction of sp³-hybridized carbons (Fsp3) is 0.350. The molecular weight excluding hydrogens is 376 g/mol. The summed E-state index contributed by atoms with van der Waals surface area (Å²) in [6.07, 6.45) is 5.82. The Morgan fingerprint density at radius 3 is 2.43 bits per heavy atom. The van der Waals surface area contributed by atoms with Gasteiger partial charge in [0.1, 0.15) is 5.01 Å². The molecule has 0 spiro atoms. The maximum absolute atomic E-state index is 12.4. The van der Waals surface area contributed by atoms with Crippen LogP contribution in [0.25, 0.3) is 0 Å². The number of hydrogen-bond acceptors (Lipinski definition) is 6. The van der Waals surface area contributed by atoms with Crippen molar-refractivity contribution in [3.05, 3.63) is 53.1 Å². The first kappa shape index (κ1) is 18.5. The zero-order chi connectivity index (χ0) is 19.5. The number of rotatable bonds is 6. The second-order valence-corrected chi connectivity index (χ2v) is 8.01. The average Bonchev–Trinajstić information content (AvgIpc) is 3.24. The van der Waals surface area contributed by atoms with Crippen molar-refractivity contribution in [1.82, 2.24) is 15.1 Å². The summed E-state index contributed by atoms with van der Waals surface area (Å²) in [5.74, 6) is -1.12. The molecule has 1 saturated heterocycles. The standard InChI is InChI=1S/C20H20N4O3S/c25-16(10-11-24-18(26)14-8-4-5-9-15(14)19(24)27)21-20-23-22-17(28-20)12-13-6-2-1-3-7-13/h1-7,14-15H,8-12H2,(H,21,23,25)/t14-,15+. The van der Waals surface area contributed by atoms with Crippen LogP contribution in [-0.4, -0.2) is 39.4 Å². The molecule has 4 rings (SSSR count). The summed E-state index contributed by atoms with van der Waals surface area (Å²) in [6.45, 7) is 0.103. The van der Waals surface area contributed by atoms with Crippen LogP contribution >= 0.6 is 11.3 Å². The second kappa shape index (κ2) is 8.02. The van der Waals surface area contributed by atoms with Gasteiger partial charge in [0.25, 0.3) is 0 Å². The second-order valence-electron chi connectivity index (χ2n) is 6.95. The van der Waals surface area contributed by atoms with Gasteiger partial charge in [-0.25, -0.2) is 0 Å². The highest BCUT2D eigenvalue weighted by atomic mass is 32.1. The number of amides is 3. The van der Waals surface area contributed by atoms with Crippen molar-refractivity contribution in [2.45, 2.75) is 25.7 Å². The zero-order valence-corrected chi connectivity index (χ0v) is 16.0. The summed E-state index contributed by atoms with van der Waals surface area (Å²) in [7, 11) is 0. The smallest absolute Gasteiger partial charge is 0.233 e. The predicted molar refractivity (Wildman–Crippen MR) is 104 cm³/mol. The maximum atomic E-state index is 12.4. The number of fused-ring (bicyclic) bond motifs is 1. The number of carbonyl (C=O) groups is 3. The van der Waals surface area contributed by atoms with Crippen LogP contribution < -0.4 is 5.32 Å². The van der Waals surface area contributed by atoms with E-state index in [1.54, 1.807) is 0 Å². The van der Waals surface area contributed by atoms with E-state index in [0.717, 1.165) is 10.6 Å². The van der Waals surface area contributed by atoms with Crippen molar-refractivity contribution >= 4 is 34.2 Å². The third-order valence-corrected chi connectivity index (χ3v) is 5.91. The van der Waals surface area contributed by atoms with Crippen LogP contribution in [-0.2, 0) is 20.8 Å². The van der Waals surface area contributed by atoms with Gasteiger partial charge in [0, 0.05) is 19.4 Å². The minimum absolute atomic E-state index is 0.0535. The predicted octanol–water partition coefficient (Wildman–Crippen LogP) is 2.41. The summed E-state index contributed by atoms with van der Waals surface area (Å²) in [4.78, 5) is 38.3. The van der Waals surface area contributed by atoms with Gasteiger partial charge in [-0.2, -0.15) is 0 Å². The molecule has 2 aromatic rings. The van der Waals surface area contributed by atoms with Crippen LogP contribution in [0.5, 0.6) is 0 Å². The topological polar surface area (TPSA) is 92.3 Å². The van der Waals surface area contributed by atoms with Crippen LogP contribution in [0.2, 0.25) is 0 Å². The number of allylic oxidation sites excluding steroid dienone is 2. The zero-order valence-electron chi connectivity index (χ0n) is 15.2. The molecule has 0 saturated carbocycles. The molecule has 1 aliphatic heterocycles. The average molecular weight is 396 g/mol. The fourth-order valence-corrected chi connectivity index (χ4v) is 4.42. The first-order valence-corrected chi connectivity index (χ1v) is 10.1. The molecule has 1 fully saturated rings. The van der Waals surface area contributed by atoms with Gasteiger partial charge >= 0.3 is 0 Å². The van der Waals surface area contributed by atoms with Gasteiger partial charge in [0.15, 0.2) is 0 Å². The molecule has 1 aliphatic carbocycles. The molecule has 1 N–H and O–H groups in total. The monoisotopic (exact) mass is 396 g/mol. The number of imide groups is 1. The summed E-state index contributed by atoms with van der Waals surface area (Å²) >= 11 is 1.32. The first-order valence-electron chi connectivity index (χ1n) is 9.28. The van der Waals surface area contributed by atoms with E-state index >= 15 is 0 Å². The number of benzene rings is 1. The molecular formula is C20H20N4O3S. The number of likely N-dealkylation sites (tertiary alicyclic amines) is 1. The molecule has 7 nitrogen and oxygen atoms in total. The quantitative estimate of drug-likeness (QED) is 0.598. The number of hydrogen-bond donors (Lipinski definition) is 1. The van der Waals surface area contributed by atoms with E-state index in [1.807, 2.05) is 42.5 Å². The molecule has 2 heterocycles. The van der Waals surface area contributed by atoms with Crippen LogP contribution in [0.4, 0.5) is 5.13 Å². The molecule has 1 aromatic carbocycles. The van der Waals surface area contributed by atoms with Crippen molar-refractivity contribution < 1.29 is 14.4 Å². The molecule has 8 heteroatoms. The number of nitrogens with zero attached hydrogens (tertiary/aromatic N) is 3. The Morgan fingerprint density at radius 2 is 1.75 bits per heavy atom. The van der Waals surface area contributed by atoms with E-state index in [2.05, 4.69) is 15.5 Å². The lowest BCUT2D eigenvalue weighted by Crippen LogP contribution is -2.34. The first-order chi connectivity index (χ1) is 13.6. The number of aromatic nitrogens is 2. The fourth-order valence-electron chi connectivity index (χ4n) is 3.63. The molecule has 3 amide bonds. The third kappa shape index (κ3) is 3.87. The molecule has 0 unspecified atom stereocenters. The molecule has 2 aliphatic rings. The van der Waals surface area contributed by atoms with E-state index < -0.39 is 0 Å². The highest BCUT2D eigenvalue weighted by Gasteiger charge is 2.46. The van der Waals surface area contributed by atoms with Crippen LogP contribution in [0.3, 0.4) is 0 Å². The summed E-state index contributed by atoms with van der Waals surface area (Å²) < 4.78 is 0. The highest BCUT2D eigenvalue weighted by Crippen LogP contribution is 2.35. The van der Waals surface area contributed by atoms with Gasteiger partial charge in [-0.1, -0.05) is 53.8 Å². The van der Waals surface area contributed by atoms with Gasteiger partial charge in [-0.15, -0.1) is 10.2 Å². The SMILES string of the molecule is O=C(CCN1C(=O)[C@H]2CC=CC[C@H]2C1=O)Nc1nnc(Cc2ccccc2)s1. The van der Waals surface area contributed by atoms with Gasteiger partial charge in [0.05, 0.1) is 11.8 Å². The van der Waals surface area contributed by atoms with Crippen molar-refractivity contribution in [2.24, 2.45) is 11.8 Å². The van der Waals surface area contributed by atoms with E-state index in [4.69, 9.17) is 0 Å². The lowest BCUT2D eigenvalue weighted by molar-refractivity contribution is -0.140. The Morgan fingerprint density at radius 1 is 1.07 bits per heavy atom. The van der Waals surface area contributed by atoms with E-state index in [-0.39, 0.29) is 42.5 Å². The molecule has 28 heavy (non-hydrogen) atoms. The van der Waals surface area contributed by atoms with Gasteiger partial charge in [-0.05, 0) is 18.4 Å². The minimum Gasteiger partial charge on any atom is -0.300 e. The lowest BCUT2D eigenvalue weighted by atomic mass is 9.85. The Hall–Kier alpha value is -2.87. The van der Waals surface area contributed by atoms with Crippen molar-refractivity contribution in [3.8, 4) is 0 Å². The molecule has 2 atom stereocenters. The summed E-state index contributed by atoms with van der Waals surface area (Å²) in [5, 5.41) is 12.0. The Balaban J connectivity index is 1.29. The summed E-state index contributed by atoms with van der Waals surface area (Å²) in [6, 6.07) is 9.91. The number of carbonyl (C=O) groups excluding carboxylic acids is 3. The molecule has 0 bridgehead atoms. The number of nitrogens with one attached hydrogen (secondary N) is 1. The van der Waals surface area contributed by atoms with Crippen LogP contribution in [0.1, 0.15) is 29.8 Å². The largest absolute Gasteiger partial charge is 0.300 e. The third-order valence-electron chi connectivity index (χ3n) is 5.07. The van der Waals surface area contributed by atoms with Crippen LogP contribution in [0.15, 0.2) is 42.5 Å². The highest BCUT2D eigenvalue weighted by molar-refractivity contribution is 7.15. The van der Waals surface area contributed by atoms with E-state index in [1.165, 1.54) is 16.2 Å². The molecule has 1 aromatic heterocycles. The summed E-state index contributed by atoms with van der Waals surface area (Å²) in [5.41, 5.74) is 1.12. The molecule has 144 valence electrons. The Bertz CT molecular complexity index is 899. The van der Waals surface area contributed by atoms with Gasteiger partial charge < -0.3 is 5.32 Å². The normalized spacial score (nSPS) is 21.1. The van der Waals surface area contributed by atoms with Crippen molar-refractivity contribution in [3.63, 3.8) is 0 Å². The van der Waals surface area contributed by atoms with Gasteiger partial charge in [-0.3, -0.25) is 19.3 Å². The maximum Gasteiger partial charge on any atom is 0.233 e. The van der Waals surface area contributed by atoms with Crippen molar-refractivity contribution in [2.75, 3.05) is 11.9 Å². The van der Waals surface area contributed by atoms with E-state index in [0.29, 0.717) is 24.4 Å². The lowest BCUT2D eigenvalue weighted by Gasteiger charge is -2.14. The van der Waals surface area contributed by atoms with Crippen molar-refractivity contribution in [1.29, 1.82) is 0 Å². The Kier molecular flexibility index (Phi) is 5.29. The van der Waals surface area contributed by atoms with Gasteiger partial charge in [0.2, 0.25) is 22.9 Å². The molecule has 0 radical (unpaired) electrons.